The van der Waals surface area contributed by atoms with Crippen LogP contribution in [-0.2, 0) is 36.8 Å². The molecule has 1 heterocycles. The maximum absolute atomic E-state index is 13.1. The Hall–Kier alpha value is -4.75. The third-order valence-electron chi connectivity index (χ3n) is 6.18. The smallest absolute Gasteiger partial charge is 0.326 e. The molecule has 13 nitrogen and oxygen atoms in total. The van der Waals surface area contributed by atoms with E-state index in [4.69, 9.17) is 10.8 Å². The second-order valence-electron chi connectivity index (χ2n) is 9.16. The molecule has 0 saturated carbocycles. The first-order valence-electron chi connectivity index (χ1n) is 12.4. The van der Waals surface area contributed by atoms with Gasteiger partial charge in [0.05, 0.1) is 19.1 Å². The first-order valence-corrected chi connectivity index (χ1v) is 12.4. The number of carbonyl (C=O) groups excluding carboxylic acids is 3. The van der Waals surface area contributed by atoms with Crippen molar-refractivity contribution in [2.75, 3.05) is 6.61 Å². The van der Waals surface area contributed by atoms with E-state index in [1.165, 1.54) is 0 Å². The van der Waals surface area contributed by atoms with Crippen molar-refractivity contribution in [2.45, 2.75) is 43.4 Å². The zero-order valence-electron chi connectivity index (χ0n) is 21.4. The highest BCUT2D eigenvalue weighted by Crippen LogP contribution is 2.19. The van der Waals surface area contributed by atoms with Gasteiger partial charge in [-0.3, -0.25) is 19.2 Å². The number of nitrogens with one attached hydrogen (secondary N) is 4. The lowest BCUT2D eigenvalue weighted by molar-refractivity contribution is -0.147. The molecule has 13 heteroatoms. The lowest BCUT2D eigenvalue weighted by atomic mass is 10.0. The second-order valence-corrected chi connectivity index (χ2v) is 9.16. The Bertz CT molecular complexity index is 1360. The fraction of sp³-hybridized carbons (Fsp3) is 0.296. The zero-order chi connectivity index (χ0) is 29.2. The van der Waals surface area contributed by atoms with Gasteiger partial charge < -0.3 is 42.0 Å². The zero-order valence-corrected chi connectivity index (χ0v) is 21.4. The number of benzene rings is 2. The number of fused-ring (bicyclic) bond motifs is 1. The predicted octanol–water partition coefficient (Wildman–Crippen LogP) is -0.714. The van der Waals surface area contributed by atoms with Crippen molar-refractivity contribution in [3.05, 3.63) is 71.9 Å². The molecule has 40 heavy (non-hydrogen) atoms. The molecule has 0 fully saturated rings. The van der Waals surface area contributed by atoms with Gasteiger partial charge in [0, 0.05) is 23.5 Å². The minimum absolute atomic E-state index is 0.111. The monoisotopic (exact) mass is 553 g/mol. The van der Waals surface area contributed by atoms with Crippen LogP contribution in [-0.4, -0.2) is 80.7 Å². The van der Waals surface area contributed by atoms with Crippen molar-refractivity contribution in [2.24, 2.45) is 5.73 Å². The summed E-state index contributed by atoms with van der Waals surface area (Å²) in [6.07, 6.45) is 0.805. The molecule has 1 aromatic heterocycles. The van der Waals surface area contributed by atoms with Crippen molar-refractivity contribution in [1.29, 1.82) is 0 Å². The van der Waals surface area contributed by atoms with E-state index in [-0.39, 0.29) is 12.8 Å². The molecular weight excluding hydrogens is 522 g/mol. The van der Waals surface area contributed by atoms with Crippen LogP contribution in [0.25, 0.3) is 10.9 Å². The van der Waals surface area contributed by atoms with Gasteiger partial charge in [0.25, 0.3) is 0 Å². The number of para-hydroxylation sites is 1. The summed E-state index contributed by atoms with van der Waals surface area (Å²) in [7, 11) is 0. The van der Waals surface area contributed by atoms with E-state index in [0.717, 1.165) is 16.5 Å². The summed E-state index contributed by atoms with van der Waals surface area (Å²) in [5.41, 5.74) is 8.12. The molecule has 0 aliphatic carbocycles. The van der Waals surface area contributed by atoms with Gasteiger partial charge in [-0.2, -0.15) is 0 Å². The third kappa shape index (κ3) is 8.12. The molecule has 0 aliphatic rings. The van der Waals surface area contributed by atoms with Crippen LogP contribution < -0.4 is 21.7 Å². The van der Waals surface area contributed by atoms with Gasteiger partial charge in [-0.25, -0.2) is 4.79 Å². The lowest BCUT2D eigenvalue weighted by Gasteiger charge is -2.24. The van der Waals surface area contributed by atoms with Crippen LogP contribution in [0.5, 0.6) is 0 Å². The molecule has 0 aliphatic heterocycles. The SMILES string of the molecule is NC(Cc1ccccc1)C(=O)NC(CO)C(=O)NC(Cc1c[nH]c2ccccc12)C(=O)NC(CC(=O)O)C(=O)O. The normalized spacial score (nSPS) is 13.9. The number of aliphatic hydroxyl groups excluding tert-OH is 1. The van der Waals surface area contributed by atoms with Gasteiger partial charge in [-0.1, -0.05) is 48.5 Å². The Morgan fingerprint density at radius 2 is 1.38 bits per heavy atom. The summed E-state index contributed by atoms with van der Waals surface area (Å²) in [6, 6.07) is 10.5. The fourth-order valence-electron chi connectivity index (χ4n) is 4.08. The van der Waals surface area contributed by atoms with Crippen LogP contribution in [0, 0.1) is 0 Å². The number of amides is 3. The number of aliphatic carboxylic acids is 2. The van der Waals surface area contributed by atoms with Crippen molar-refractivity contribution in [3.8, 4) is 0 Å². The van der Waals surface area contributed by atoms with Gasteiger partial charge >= 0.3 is 11.9 Å². The van der Waals surface area contributed by atoms with Gasteiger partial charge in [0.15, 0.2) is 0 Å². The van der Waals surface area contributed by atoms with E-state index < -0.39 is 66.9 Å². The van der Waals surface area contributed by atoms with Gasteiger partial charge in [-0.05, 0) is 23.6 Å². The number of aromatic nitrogens is 1. The molecule has 3 rings (SSSR count). The second kappa shape index (κ2) is 13.9. The number of hydrogen-bond donors (Lipinski definition) is 8. The van der Waals surface area contributed by atoms with E-state index in [9.17, 15) is 34.2 Å². The van der Waals surface area contributed by atoms with Crippen LogP contribution in [0.1, 0.15) is 17.5 Å². The molecule has 3 aromatic rings. The number of carboxylic acids is 2. The molecule has 0 spiro atoms. The van der Waals surface area contributed by atoms with Gasteiger partial charge in [0.2, 0.25) is 17.7 Å². The van der Waals surface area contributed by atoms with Crippen molar-refractivity contribution >= 4 is 40.6 Å². The number of nitrogens with two attached hydrogens (primary N) is 1. The molecule has 0 bridgehead atoms. The van der Waals surface area contributed by atoms with E-state index >= 15 is 0 Å². The quantitative estimate of drug-likeness (QED) is 0.126. The number of aromatic amines is 1. The van der Waals surface area contributed by atoms with E-state index in [1.807, 2.05) is 6.07 Å². The number of H-pyrrole nitrogens is 1. The van der Waals surface area contributed by atoms with Gasteiger partial charge in [0.1, 0.15) is 18.1 Å². The fourth-order valence-corrected chi connectivity index (χ4v) is 4.08. The highest BCUT2D eigenvalue weighted by atomic mass is 16.4. The van der Waals surface area contributed by atoms with E-state index in [0.29, 0.717) is 5.56 Å². The lowest BCUT2D eigenvalue weighted by Crippen LogP contribution is -2.58. The van der Waals surface area contributed by atoms with Crippen LogP contribution >= 0.6 is 0 Å². The summed E-state index contributed by atoms with van der Waals surface area (Å²) in [5.74, 6) is -5.60. The van der Waals surface area contributed by atoms with Crippen molar-refractivity contribution < 1.29 is 39.3 Å². The Balaban J connectivity index is 1.77. The molecule has 4 atom stereocenters. The van der Waals surface area contributed by atoms with Gasteiger partial charge in [-0.15, -0.1) is 0 Å². The predicted molar refractivity (Wildman–Crippen MR) is 143 cm³/mol. The summed E-state index contributed by atoms with van der Waals surface area (Å²) in [6.45, 7) is -0.812. The molecule has 212 valence electrons. The van der Waals surface area contributed by atoms with Crippen molar-refractivity contribution in [1.82, 2.24) is 20.9 Å². The molecule has 3 amide bonds. The minimum Gasteiger partial charge on any atom is -0.481 e. The minimum atomic E-state index is -1.75. The molecular formula is C27H31N5O8. The molecule has 9 N–H and O–H groups in total. The van der Waals surface area contributed by atoms with Crippen LogP contribution in [0.4, 0.5) is 0 Å². The number of aliphatic hydroxyl groups is 1. The summed E-state index contributed by atoms with van der Waals surface area (Å²) in [4.78, 5) is 64.5. The molecule has 0 saturated heterocycles. The maximum Gasteiger partial charge on any atom is 0.326 e. The highest BCUT2D eigenvalue weighted by Gasteiger charge is 2.31. The summed E-state index contributed by atoms with van der Waals surface area (Å²) < 4.78 is 0. The Morgan fingerprint density at radius 3 is 2.02 bits per heavy atom. The number of rotatable bonds is 14. The Labute approximate surface area is 228 Å². The van der Waals surface area contributed by atoms with Crippen molar-refractivity contribution in [3.63, 3.8) is 0 Å². The first kappa shape index (κ1) is 29.8. The van der Waals surface area contributed by atoms with E-state index in [2.05, 4.69) is 20.9 Å². The summed E-state index contributed by atoms with van der Waals surface area (Å²) >= 11 is 0. The largest absolute Gasteiger partial charge is 0.481 e. The molecule has 2 aromatic carbocycles. The van der Waals surface area contributed by atoms with E-state index in [1.54, 1.807) is 54.7 Å². The van der Waals surface area contributed by atoms with Crippen LogP contribution in [0.3, 0.4) is 0 Å². The average molecular weight is 554 g/mol. The topological polar surface area (TPSA) is 224 Å². The number of carbonyl (C=O) groups is 5. The Morgan fingerprint density at radius 1 is 0.775 bits per heavy atom. The highest BCUT2D eigenvalue weighted by molar-refractivity contribution is 5.95. The molecule has 0 radical (unpaired) electrons. The summed E-state index contributed by atoms with van der Waals surface area (Å²) in [5, 5.41) is 35.9. The van der Waals surface area contributed by atoms with Crippen LogP contribution in [0.2, 0.25) is 0 Å². The Kier molecular flexibility index (Phi) is 10.3. The number of hydrogen-bond acceptors (Lipinski definition) is 7. The molecule has 4 unspecified atom stereocenters. The standard InChI is InChI=1S/C27H31N5O8/c28-18(10-15-6-2-1-3-7-15)24(36)32-22(14-33)26(38)30-20(25(37)31-21(27(39)40)12-23(34)35)11-16-13-29-19-9-5-4-8-17(16)19/h1-9,13,18,20-22,29,33H,10-12,14,28H2,(H,30,38)(H,31,37)(H,32,36)(H,34,35)(H,39,40). The number of carboxylic acid groups (broad SMARTS) is 2. The maximum atomic E-state index is 13.1. The first-order chi connectivity index (χ1) is 19.1. The third-order valence-corrected chi connectivity index (χ3v) is 6.18. The van der Waals surface area contributed by atoms with Crippen LogP contribution in [0.15, 0.2) is 60.8 Å². The average Bonchev–Trinajstić information content (AvgIpc) is 3.33.